The Hall–Kier alpha value is -1.44. The monoisotopic (exact) mass is 186 g/mol. The maximum absolute atomic E-state index is 3.51. The molecule has 2 aliphatic heterocycles. The molecule has 0 spiro atoms. The topological polar surface area (TPSA) is 15.3 Å². The lowest BCUT2D eigenvalue weighted by atomic mass is 10.2. The molecule has 1 N–H and O–H groups in total. The number of nitrogens with one attached hydrogen (secondary N) is 1. The van der Waals surface area contributed by atoms with Crippen molar-refractivity contribution in [2.24, 2.45) is 0 Å². The second-order valence-corrected chi connectivity index (χ2v) is 3.98. The van der Waals surface area contributed by atoms with E-state index in [4.69, 9.17) is 0 Å². The molecule has 72 valence electrons. The highest BCUT2D eigenvalue weighted by Gasteiger charge is 2.22. The average molecular weight is 186 g/mol. The molecule has 0 aromatic heterocycles. The maximum Gasteiger partial charge on any atom is 0.0495 e. The van der Waals surface area contributed by atoms with E-state index in [1.807, 2.05) is 0 Å². The highest BCUT2D eigenvalue weighted by atomic mass is 15.2. The molecule has 0 amide bonds. The van der Waals surface area contributed by atoms with Crippen molar-refractivity contribution in [1.29, 1.82) is 0 Å². The average Bonchev–Trinajstić information content (AvgIpc) is 2.58. The molecule has 0 radical (unpaired) electrons. The molecule has 1 aromatic rings. The van der Waals surface area contributed by atoms with Crippen LogP contribution in [0.3, 0.4) is 0 Å². The fourth-order valence-corrected chi connectivity index (χ4v) is 2.25. The van der Waals surface area contributed by atoms with Gasteiger partial charge < -0.3 is 10.2 Å². The van der Waals surface area contributed by atoms with Crippen molar-refractivity contribution < 1.29 is 0 Å². The van der Waals surface area contributed by atoms with E-state index in [1.54, 1.807) is 0 Å². The molecular formula is C12H14N2. The summed E-state index contributed by atoms with van der Waals surface area (Å²) in [7, 11) is 0. The second-order valence-electron chi connectivity index (χ2n) is 3.98. The lowest BCUT2D eigenvalue weighted by Gasteiger charge is -2.22. The highest BCUT2D eigenvalue weighted by molar-refractivity contribution is 5.52. The summed E-state index contributed by atoms with van der Waals surface area (Å²) in [6.45, 7) is 2.11. The zero-order chi connectivity index (χ0) is 9.38. The van der Waals surface area contributed by atoms with Gasteiger partial charge in [0.1, 0.15) is 0 Å². The van der Waals surface area contributed by atoms with Gasteiger partial charge in [0.2, 0.25) is 0 Å². The van der Waals surface area contributed by atoms with Gasteiger partial charge in [-0.2, -0.15) is 0 Å². The number of fused-ring (bicyclic) bond motifs is 2. The van der Waals surface area contributed by atoms with Gasteiger partial charge in [-0.3, -0.25) is 0 Å². The van der Waals surface area contributed by atoms with Crippen LogP contribution in [0.25, 0.3) is 0 Å². The molecule has 0 aliphatic carbocycles. The Labute approximate surface area is 84.2 Å². The molecule has 2 heterocycles. The Morgan fingerprint density at radius 2 is 2.21 bits per heavy atom. The minimum Gasteiger partial charge on any atom is -0.383 e. The van der Waals surface area contributed by atoms with E-state index in [0.717, 1.165) is 13.1 Å². The lowest BCUT2D eigenvalue weighted by molar-refractivity contribution is 0.309. The lowest BCUT2D eigenvalue weighted by Crippen LogP contribution is -2.29. The Balaban J connectivity index is 1.96. The van der Waals surface area contributed by atoms with E-state index in [2.05, 4.69) is 46.8 Å². The largest absolute Gasteiger partial charge is 0.383 e. The third-order valence-electron chi connectivity index (χ3n) is 3.07. The minimum absolute atomic E-state index is 0.655. The van der Waals surface area contributed by atoms with Gasteiger partial charge >= 0.3 is 0 Å². The van der Waals surface area contributed by atoms with Crippen molar-refractivity contribution >= 4 is 5.69 Å². The van der Waals surface area contributed by atoms with Crippen LogP contribution in [0.15, 0.2) is 36.5 Å². The number of hydrogen-bond acceptors (Lipinski definition) is 2. The van der Waals surface area contributed by atoms with Gasteiger partial charge in [0.05, 0.1) is 0 Å². The number of anilines is 1. The van der Waals surface area contributed by atoms with Gasteiger partial charge in [-0.25, -0.2) is 0 Å². The van der Waals surface area contributed by atoms with Crippen LogP contribution in [0.1, 0.15) is 12.0 Å². The summed E-state index contributed by atoms with van der Waals surface area (Å²) < 4.78 is 0. The van der Waals surface area contributed by atoms with E-state index in [1.165, 1.54) is 17.7 Å². The quantitative estimate of drug-likeness (QED) is 0.668. The molecule has 0 saturated heterocycles. The molecule has 2 nitrogen and oxygen atoms in total. The van der Waals surface area contributed by atoms with Crippen molar-refractivity contribution in [1.82, 2.24) is 4.90 Å². The summed E-state index contributed by atoms with van der Waals surface area (Å²) in [6.07, 6.45) is 5.68. The SMILES string of the molecule is C1=CN2Cc3ccccc3NCC2C1. The zero-order valence-corrected chi connectivity index (χ0v) is 8.11. The van der Waals surface area contributed by atoms with Gasteiger partial charge in [-0.05, 0) is 24.3 Å². The molecule has 0 bridgehead atoms. The molecule has 2 heteroatoms. The van der Waals surface area contributed by atoms with Gasteiger partial charge in [0, 0.05) is 24.8 Å². The van der Waals surface area contributed by atoms with Crippen molar-refractivity contribution in [3.63, 3.8) is 0 Å². The smallest absolute Gasteiger partial charge is 0.0495 e. The molecule has 1 atom stereocenters. The molecular weight excluding hydrogens is 172 g/mol. The van der Waals surface area contributed by atoms with Crippen molar-refractivity contribution in [2.75, 3.05) is 11.9 Å². The van der Waals surface area contributed by atoms with E-state index < -0.39 is 0 Å². The Bertz CT molecular complexity index is 370. The minimum atomic E-state index is 0.655. The molecule has 1 unspecified atom stereocenters. The van der Waals surface area contributed by atoms with Crippen LogP contribution in [-0.4, -0.2) is 17.5 Å². The Morgan fingerprint density at radius 1 is 1.29 bits per heavy atom. The second kappa shape index (κ2) is 3.05. The van der Waals surface area contributed by atoms with Crippen LogP contribution in [-0.2, 0) is 6.54 Å². The summed E-state index contributed by atoms with van der Waals surface area (Å²) in [5, 5.41) is 3.51. The summed E-state index contributed by atoms with van der Waals surface area (Å²) in [5.74, 6) is 0. The summed E-state index contributed by atoms with van der Waals surface area (Å²) in [6, 6.07) is 9.24. The molecule has 0 saturated carbocycles. The van der Waals surface area contributed by atoms with Crippen LogP contribution >= 0.6 is 0 Å². The third-order valence-corrected chi connectivity index (χ3v) is 3.07. The first-order valence-corrected chi connectivity index (χ1v) is 5.18. The van der Waals surface area contributed by atoms with Gasteiger partial charge in [0.25, 0.3) is 0 Å². The summed E-state index contributed by atoms with van der Waals surface area (Å²) in [5.41, 5.74) is 2.71. The van der Waals surface area contributed by atoms with Crippen molar-refractivity contribution in [2.45, 2.75) is 19.0 Å². The predicted molar refractivity (Wildman–Crippen MR) is 58.0 cm³/mol. The number of rotatable bonds is 0. The summed E-state index contributed by atoms with van der Waals surface area (Å²) >= 11 is 0. The first-order chi connectivity index (χ1) is 6.93. The van der Waals surface area contributed by atoms with Gasteiger partial charge in [0.15, 0.2) is 0 Å². The van der Waals surface area contributed by atoms with Gasteiger partial charge in [-0.1, -0.05) is 24.3 Å². The maximum atomic E-state index is 3.51. The molecule has 14 heavy (non-hydrogen) atoms. The summed E-state index contributed by atoms with van der Waals surface area (Å²) in [4.78, 5) is 2.43. The van der Waals surface area contributed by atoms with Crippen LogP contribution < -0.4 is 5.32 Å². The van der Waals surface area contributed by atoms with Crippen LogP contribution in [0, 0.1) is 0 Å². The van der Waals surface area contributed by atoms with Crippen LogP contribution in [0.2, 0.25) is 0 Å². The van der Waals surface area contributed by atoms with E-state index in [-0.39, 0.29) is 0 Å². The van der Waals surface area contributed by atoms with E-state index >= 15 is 0 Å². The predicted octanol–water partition coefficient (Wildman–Crippen LogP) is 2.20. The number of nitrogens with zero attached hydrogens (tertiary/aromatic N) is 1. The van der Waals surface area contributed by atoms with E-state index in [0.29, 0.717) is 6.04 Å². The van der Waals surface area contributed by atoms with Crippen LogP contribution in [0.4, 0.5) is 5.69 Å². The number of benzene rings is 1. The van der Waals surface area contributed by atoms with Gasteiger partial charge in [-0.15, -0.1) is 0 Å². The fraction of sp³-hybridized carbons (Fsp3) is 0.333. The Morgan fingerprint density at radius 3 is 3.21 bits per heavy atom. The van der Waals surface area contributed by atoms with Crippen LogP contribution in [0.5, 0.6) is 0 Å². The van der Waals surface area contributed by atoms with Crippen molar-refractivity contribution in [3.8, 4) is 0 Å². The van der Waals surface area contributed by atoms with Crippen molar-refractivity contribution in [3.05, 3.63) is 42.1 Å². The first kappa shape index (κ1) is 7.92. The molecule has 2 aliphatic rings. The number of para-hydroxylation sites is 1. The number of hydrogen-bond donors (Lipinski definition) is 1. The Kier molecular flexibility index (Phi) is 1.72. The first-order valence-electron chi connectivity index (χ1n) is 5.18. The molecule has 0 fully saturated rings. The fourth-order valence-electron chi connectivity index (χ4n) is 2.25. The molecule has 3 rings (SSSR count). The standard InChI is InChI=1S/C12H14N2/c1-2-6-12-10(4-1)9-14-7-3-5-11(14)8-13-12/h1-4,6-7,11,13H,5,8-9H2. The molecule has 1 aromatic carbocycles. The normalized spacial score (nSPS) is 23.7. The van der Waals surface area contributed by atoms with E-state index in [9.17, 15) is 0 Å². The third kappa shape index (κ3) is 1.18. The highest BCUT2D eigenvalue weighted by Crippen LogP contribution is 2.26. The zero-order valence-electron chi connectivity index (χ0n) is 8.11.